The summed E-state index contributed by atoms with van der Waals surface area (Å²) in [5.41, 5.74) is 6.47. The van der Waals surface area contributed by atoms with E-state index in [1.165, 1.54) is 0 Å². The molecular formula is C11H13N3O2. The van der Waals surface area contributed by atoms with E-state index in [2.05, 4.69) is 4.98 Å². The zero-order chi connectivity index (χ0) is 11.5. The average Bonchev–Trinajstić information content (AvgIpc) is 2.57. The zero-order valence-electron chi connectivity index (χ0n) is 9.01. The molecule has 0 aliphatic carbocycles. The molecule has 2 N–H and O–H groups in total. The number of anilines is 1. The van der Waals surface area contributed by atoms with Crippen LogP contribution in [0.4, 0.5) is 5.82 Å². The Hall–Kier alpha value is -2.04. The Morgan fingerprint density at radius 1 is 1.56 bits per heavy atom. The van der Waals surface area contributed by atoms with Gasteiger partial charge in [-0.15, -0.1) is 0 Å². The SMILES string of the molecule is CCCC(=O)Oc1nc2ccccn2c1N. The Morgan fingerprint density at radius 2 is 2.38 bits per heavy atom. The predicted octanol–water partition coefficient (Wildman–Crippen LogP) is 1.62. The highest BCUT2D eigenvalue weighted by molar-refractivity contribution is 5.74. The van der Waals surface area contributed by atoms with Crippen LogP contribution in [0.25, 0.3) is 5.65 Å². The standard InChI is InChI=1S/C11H13N3O2/c1-2-5-9(15)16-11-10(12)14-7-4-3-6-8(14)13-11/h3-4,6-7H,2,5,12H2,1H3. The summed E-state index contributed by atoms with van der Waals surface area (Å²) >= 11 is 0. The largest absolute Gasteiger partial charge is 0.403 e. The van der Waals surface area contributed by atoms with Crippen molar-refractivity contribution in [2.45, 2.75) is 19.8 Å². The maximum absolute atomic E-state index is 11.3. The molecule has 0 saturated carbocycles. The minimum absolute atomic E-state index is 0.185. The van der Waals surface area contributed by atoms with Crippen LogP contribution in [0.15, 0.2) is 24.4 Å². The number of carbonyl (C=O) groups excluding carboxylic acids is 1. The molecule has 0 saturated heterocycles. The van der Waals surface area contributed by atoms with Crippen molar-refractivity contribution >= 4 is 17.4 Å². The van der Waals surface area contributed by atoms with Gasteiger partial charge in [0.2, 0.25) is 0 Å². The Morgan fingerprint density at radius 3 is 3.06 bits per heavy atom. The number of aromatic nitrogens is 2. The molecule has 5 heteroatoms. The summed E-state index contributed by atoms with van der Waals surface area (Å²) in [6, 6.07) is 5.48. The van der Waals surface area contributed by atoms with Gasteiger partial charge in [0.25, 0.3) is 5.88 Å². The van der Waals surface area contributed by atoms with E-state index in [1.54, 1.807) is 16.7 Å². The molecule has 16 heavy (non-hydrogen) atoms. The summed E-state index contributed by atoms with van der Waals surface area (Å²) < 4.78 is 6.75. The van der Waals surface area contributed by atoms with Crippen molar-refractivity contribution in [3.05, 3.63) is 24.4 Å². The van der Waals surface area contributed by atoms with Gasteiger partial charge in [0, 0.05) is 12.6 Å². The lowest BCUT2D eigenvalue weighted by molar-refractivity contribution is -0.134. The van der Waals surface area contributed by atoms with Gasteiger partial charge in [0.15, 0.2) is 5.82 Å². The first kappa shape index (κ1) is 10.5. The highest BCUT2D eigenvalue weighted by atomic mass is 16.5. The molecule has 2 heterocycles. The molecule has 0 aliphatic heterocycles. The Labute approximate surface area is 92.8 Å². The smallest absolute Gasteiger partial charge is 0.312 e. The molecule has 2 rings (SSSR count). The molecule has 84 valence electrons. The Bertz CT molecular complexity index is 519. The number of nitrogens with zero attached hydrogens (tertiary/aromatic N) is 2. The van der Waals surface area contributed by atoms with Gasteiger partial charge in [-0.05, 0) is 18.6 Å². The summed E-state index contributed by atoms with van der Waals surface area (Å²) in [6.07, 6.45) is 2.88. The fourth-order valence-electron chi connectivity index (χ4n) is 1.43. The quantitative estimate of drug-likeness (QED) is 0.796. The molecule has 2 aromatic rings. The highest BCUT2D eigenvalue weighted by Crippen LogP contribution is 2.22. The maximum atomic E-state index is 11.3. The number of carbonyl (C=O) groups is 1. The predicted molar refractivity (Wildman–Crippen MR) is 60.1 cm³/mol. The third-order valence-electron chi connectivity index (χ3n) is 2.20. The Balaban J connectivity index is 2.31. The van der Waals surface area contributed by atoms with Crippen molar-refractivity contribution in [3.8, 4) is 5.88 Å². The van der Waals surface area contributed by atoms with Crippen molar-refractivity contribution in [3.63, 3.8) is 0 Å². The summed E-state index contributed by atoms with van der Waals surface area (Å²) in [7, 11) is 0. The molecule has 0 radical (unpaired) electrons. The zero-order valence-corrected chi connectivity index (χ0v) is 9.01. The van der Waals surface area contributed by atoms with Gasteiger partial charge in [0.1, 0.15) is 5.65 Å². The van der Waals surface area contributed by atoms with Crippen molar-refractivity contribution < 1.29 is 9.53 Å². The molecule has 0 spiro atoms. The van der Waals surface area contributed by atoms with Crippen LogP contribution in [0.3, 0.4) is 0 Å². The molecule has 0 aromatic carbocycles. The number of fused-ring (bicyclic) bond motifs is 1. The van der Waals surface area contributed by atoms with Gasteiger partial charge in [-0.2, -0.15) is 4.98 Å². The van der Waals surface area contributed by atoms with E-state index in [9.17, 15) is 4.79 Å². The molecule has 0 fully saturated rings. The molecule has 2 aromatic heterocycles. The molecular weight excluding hydrogens is 206 g/mol. The van der Waals surface area contributed by atoms with Crippen molar-refractivity contribution in [1.29, 1.82) is 0 Å². The first-order valence-electron chi connectivity index (χ1n) is 5.15. The van der Waals surface area contributed by atoms with Gasteiger partial charge >= 0.3 is 5.97 Å². The van der Waals surface area contributed by atoms with Crippen molar-refractivity contribution in [2.24, 2.45) is 0 Å². The minimum atomic E-state index is -0.308. The van der Waals surface area contributed by atoms with Gasteiger partial charge in [0.05, 0.1) is 0 Å². The average molecular weight is 219 g/mol. The molecule has 0 unspecified atom stereocenters. The van der Waals surface area contributed by atoms with E-state index in [1.807, 2.05) is 19.1 Å². The molecule has 0 aliphatic rings. The fourth-order valence-corrected chi connectivity index (χ4v) is 1.43. The fraction of sp³-hybridized carbons (Fsp3) is 0.273. The van der Waals surface area contributed by atoms with E-state index < -0.39 is 0 Å². The molecule has 5 nitrogen and oxygen atoms in total. The van der Waals surface area contributed by atoms with E-state index in [4.69, 9.17) is 10.5 Å². The van der Waals surface area contributed by atoms with Gasteiger partial charge in [-0.3, -0.25) is 9.20 Å². The van der Waals surface area contributed by atoms with Crippen molar-refractivity contribution in [1.82, 2.24) is 9.38 Å². The lowest BCUT2D eigenvalue weighted by atomic mass is 10.3. The van der Waals surface area contributed by atoms with Crippen LogP contribution in [0, 0.1) is 0 Å². The summed E-state index contributed by atoms with van der Waals surface area (Å²) in [5, 5.41) is 0. The number of ether oxygens (including phenoxy) is 1. The number of rotatable bonds is 3. The van der Waals surface area contributed by atoms with Gasteiger partial charge in [-0.25, -0.2) is 0 Å². The second kappa shape index (κ2) is 4.22. The van der Waals surface area contributed by atoms with Crippen LogP contribution in [0.5, 0.6) is 5.88 Å². The minimum Gasteiger partial charge on any atom is -0.403 e. The van der Waals surface area contributed by atoms with E-state index in [-0.39, 0.29) is 11.8 Å². The number of nitrogens with two attached hydrogens (primary N) is 1. The topological polar surface area (TPSA) is 69.6 Å². The molecule has 0 amide bonds. The van der Waals surface area contributed by atoms with Crippen molar-refractivity contribution in [2.75, 3.05) is 5.73 Å². The first-order valence-corrected chi connectivity index (χ1v) is 5.15. The summed E-state index contributed by atoms with van der Waals surface area (Å²) in [5.74, 6) is 0.224. The maximum Gasteiger partial charge on any atom is 0.312 e. The van der Waals surface area contributed by atoms with E-state index in [0.29, 0.717) is 17.9 Å². The van der Waals surface area contributed by atoms with Gasteiger partial charge < -0.3 is 10.5 Å². The summed E-state index contributed by atoms with van der Waals surface area (Å²) in [6.45, 7) is 1.91. The number of hydrogen-bond acceptors (Lipinski definition) is 4. The normalized spacial score (nSPS) is 10.6. The summed E-state index contributed by atoms with van der Waals surface area (Å²) in [4.78, 5) is 15.4. The van der Waals surface area contributed by atoms with Crippen LogP contribution in [-0.2, 0) is 4.79 Å². The number of imidazole rings is 1. The van der Waals surface area contributed by atoms with Crippen LogP contribution in [-0.4, -0.2) is 15.4 Å². The number of hydrogen-bond donors (Lipinski definition) is 1. The van der Waals surface area contributed by atoms with Crippen LogP contribution in [0.2, 0.25) is 0 Å². The molecule has 0 atom stereocenters. The number of pyridine rings is 1. The van der Waals surface area contributed by atoms with Crippen LogP contribution >= 0.6 is 0 Å². The third-order valence-corrected chi connectivity index (χ3v) is 2.20. The second-order valence-electron chi connectivity index (χ2n) is 3.46. The van der Waals surface area contributed by atoms with Crippen LogP contribution < -0.4 is 10.5 Å². The first-order chi connectivity index (χ1) is 7.72. The van der Waals surface area contributed by atoms with Gasteiger partial charge in [-0.1, -0.05) is 13.0 Å². The van der Waals surface area contributed by atoms with E-state index in [0.717, 1.165) is 6.42 Å². The molecule has 0 bridgehead atoms. The van der Waals surface area contributed by atoms with E-state index >= 15 is 0 Å². The van der Waals surface area contributed by atoms with Crippen LogP contribution in [0.1, 0.15) is 19.8 Å². The lowest BCUT2D eigenvalue weighted by Gasteiger charge is -1.99. The number of esters is 1. The lowest BCUT2D eigenvalue weighted by Crippen LogP contribution is -2.08. The number of nitrogen functional groups attached to an aromatic ring is 1. The monoisotopic (exact) mass is 219 g/mol. The third kappa shape index (κ3) is 1.84. The second-order valence-corrected chi connectivity index (χ2v) is 3.46. The Kier molecular flexibility index (Phi) is 2.76. The highest BCUT2D eigenvalue weighted by Gasteiger charge is 2.13.